The van der Waals surface area contributed by atoms with Gasteiger partial charge in [-0.15, -0.1) is 0 Å². The SMILES string of the molecule is CC(C)(C)OC(=O)n1c(-c2c(F)cccc2F)cc2c1NCC(C(=S)CC(=S)C1CC1)C2. The van der Waals surface area contributed by atoms with Gasteiger partial charge in [-0.3, -0.25) is 0 Å². The van der Waals surface area contributed by atoms with E-state index in [-0.39, 0.29) is 17.2 Å². The third-order valence-corrected chi connectivity index (χ3v) is 6.65. The van der Waals surface area contributed by atoms with E-state index in [2.05, 4.69) is 5.32 Å². The van der Waals surface area contributed by atoms with Gasteiger partial charge >= 0.3 is 6.09 Å². The molecule has 32 heavy (non-hydrogen) atoms. The number of nitrogens with zero attached hydrogens (tertiary/aromatic N) is 1. The van der Waals surface area contributed by atoms with E-state index in [0.29, 0.717) is 31.1 Å². The van der Waals surface area contributed by atoms with Crippen LogP contribution in [0.15, 0.2) is 24.3 Å². The van der Waals surface area contributed by atoms with Crippen molar-refractivity contribution in [2.75, 3.05) is 11.9 Å². The van der Waals surface area contributed by atoms with Crippen LogP contribution in [0.2, 0.25) is 0 Å². The lowest BCUT2D eigenvalue weighted by Crippen LogP contribution is -2.33. The Labute approximate surface area is 197 Å². The molecular formula is C24H26F2N2O2S2. The molecule has 2 aliphatic rings. The summed E-state index contributed by atoms with van der Waals surface area (Å²) in [6.45, 7) is 5.75. The van der Waals surface area contributed by atoms with E-state index >= 15 is 0 Å². The van der Waals surface area contributed by atoms with Crippen LogP contribution >= 0.6 is 24.4 Å². The van der Waals surface area contributed by atoms with Crippen LogP contribution in [0.1, 0.15) is 45.6 Å². The quantitative estimate of drug-likeness (QED) is 0.510. The number of rotatable bonds is 5. The third kappa shape index (κ3) is 4.76. The Morgan fingerprint density at radius 3 is 2.38 bits per heavy atom. The number of aromatic nitrogens is 1. The Morgan fingerprint density at radius 1 is 1.16 bits per heavy atom. The second-order valence-electron chi connectivity index (χ2n) is 9.48. The first-order valence-corrected chi connectivity index (χ1v) is 11.6. The van der Waals surface area contributed by atoms with Crippen LogP contribution < -0.4 is 5.32 Å². The number of benzene rings is 1. The van der Waals surface area contributed by atoms with Crippen molar-refractivity contribution in [2.45, 2.75) is 52.1 Å². The smallest absolute Gasteiger partial charge is 0.420 e. The summed E-state index contributed by atoms with van der Waals surface area (Å²) in [6, 6.07) is 5.30. The Balaban J connectivity index is 1.70. The fraction of sp³-hybridized carbons (Fsp3) is 0.458. The molecule has 2 heterocycles. The lowest BCUT2D eigenvalue weighted by molar-refractivity contribution is 0.0543. The molecule has 1 unspecified atom stereocenters. The van der Waals surface area contributed by atoms with Crippen molar-refractivity contribution < 1.29 is 18.3 Å². The number of fused-ring (bicyclic) bond motifs is 1. The number of halogens is 2. The molecule has 1 fully saturated rings. The van der Waals surface area contributed by atoms with Gasteiger partial charge in [-0.25, -0.2) is 18.1 Å². The molecule has 170 valence electrons. The highest BCUT2D eigenvalue weighted by atomic mass is 32.1. The molecule has 1 aliphatic heterocycles. The molecule has 8 heteroatoms. The first-order chi connectivity index (χ1) is 15.0. The van der Waals surface area contributed by atoms with Gasteiger partial charge in [0.15, 0.2) is 0 Å². The molecule has 1 aromatic heterocycles. The van der Waals surface area contributed by atoms with E-state index in [0.717, 1.165) is 28.1 Å². The molecule has 1 aromatic carbocycles. The summed E-state index contributed by atoms with van der Waals surface area (Å²) >= 11 is 11.2. The number of hydrogen-bond donors (Lipinski definition) is 1. The van der Waals surface area contributed by atoms with E-state index in [1.165, 1.54) is 22.8 Å². The molecule has 0 amide bonds. The summed E-state index contributed by atoms with van der Waals surface area (Å²) in [5.74, 6) is -0.445. The van der Waals surface area contributed by atoms with E-state index in [1.54, 1.807) is 26.8 Å². The largest absolute Gasteiger partial charge is 0.443 e. The lowest BCUT2D eigenvalue weighted by atomic mass is 9.91. The van der Waals surface area contributed by atoms with E-state index < -0.39 is 23.3 Å². The van der Waals surface area contributed by atoms with Gasteiger partial charge in [-0.05, 0) is 69.7 Å². The first kappa shape index (κ1) is 23.0. The topological polar surface area (TPSA) is 43.3 Å². The third-order valence-electron chi connectivity index (χ3n) is 5.69. The van der Waals surface area contributed by atoms with Crippen molar-refractivity contribution in [2.24, 2.45) is 11.8 Å². The molecule has 0 bridgehead atoms. The highest BCUT2D eigenvalue weighted by Crippen LogP contribution is 2.38. The van der Waals surface area contributed by atoms with Gasteiger partial charge in [0.05, 0.1) is 11.3 Å². The summed E-state index contributed by atoms with van der Waals surface area (Å²) in [4.78, 5) is 15.0. The standard InChI is InChI=1S/C24H26F2N2O2S2/c1-24(2,3)30-23(29)28-18(21-16(25)5-4-6-17(21)26)10-14-9-15(12-27-22(14)28)20(32)11-19(31)13-7-8-13/h4-6,10,13,15,27H,7-9,11-12H2,1-3H3. The minimum Gasteiger partial charge on any atom is -0.443 e. The molecule has 0 radical (unpaired) electrons. The second-order valence-corrected chi connectivity index (χ2v) is 10.5. The first-order valence-electron chi connectivity index (χ1n) is 10.8. The highest BCUT2D eigenvalue weighted by Gasteiger charge is 2.33. The zero-order valence-electron chi connectivity index (χ0n) is 18.3. The van der Waals surface area contributed by atoms with E-state index in [4.69, 9.17) is 29.2 Å². The fourth-order valence-corrected chi connectivity index (χ4v) is 4.79. The molecule has 0 spiro atoms. The molecule has 4 nitrogen and oxygen atoms in total. The van der Waals surface area contributed by atoms with Gasteiger partial charge in [-0.1, -0.05) is 30.5 Å². The monoisotopic (exact) mass is 476 g/mol. The van der Waals surface area contributed by atoms with Crippen LogP contribution in [0.3, 0.4) is 0 Å². The normalized spacial score (nSPS) is 18.0. The van der Waals surface area contributed by atoms with E-state index in [1.807, 2.05) is 0 Å². The predicted octanol–water partition coefficient (Wildman–Crippen LogP) is 6.34. The van der Waals surface area contributed by atoms with Crippen molar-refractivity contribution in [1.82, 2.24) is 4.57 Å². The summed E-state index contributed by atoms with van der Waals surface area (Å²) in [5.41, 5.74) is -0.142. The second kappa shape index (κ2) is 8.63. The molecule has 1 aliphatic carbocycles. The van der Waals surface area contributed by atoms with Crippen LogP contribution in [0.25, 0.3) is 11.3 Å². The molecule has 0 saturated heterocycles. The number of hydrogen-bond acceptors (Lipinski definition) is 5. The zero-order valence-corrected chi connectivity index (χ0v) is 20.0. The van der Waals surface area contributed by atoms with E-state index in [9.17, 15) is 13.6 Å². The van der Waals surface area contributed by atoms with Gasteiger partial charge in [0.2, 0.25) is 0 Å². The molecule has 1 atom stereocenters. The Kier molecular flexibility index (Phi) is 6.20. The number of nitrogens with one attached hydrogen (secondary N) is 1. The summed E-state index contributed by atoms with van der Waals surface area (Å²) in [5, 5.41) is 3.26. The molecule has 4 rings (SSSR count). The zero-order chi connectivity index (χ0) is 23.2. The molecule has 2 aromatic rings. The maximum absolute atomic E-state index is 14.7. The van der Waals surface area contributed by atoms with Gasteiger partial charge in [0.1, 0.15) is 23.1 Å². The maximum Gasteiger partial charge on any atom is 0.420 e. The summed E-state index contributed by atoms with van der Waals surface area (Å²) in [6.07, 6.45) is 2.79. The molecule has 1 N–H and O–H groups in total. The summed E-state index contributed by atoms with van der Waals surface area (Å²) < 4.78 is 36.1. The highest BCUT2D eigenvalue weighted by molar-refractivity contribution is 7.82. The van der Waals surface area contributed by atoms with Crippen molar-refractivity contribution in [3.05, 3.63) is 41.5 Å². The van der Waals surface area contributed by atoms with Gasteiger partial charge in [-0.2, -0.15) is 0 Å². The van der Waals surface area contributed by atoms with Crippen LogP contribution in [0.5, 0.6) is 0 Å². The minimum atomic E-state index is -0.767. The van der Waals surface area contributed by atoms with Gasteiger partial charge in [0, 0.05) is 28.6 Å². The average Bonchev–Trinajstić information content (AvgIpc) is 3.47. The molecule has 1 saturated carbocycles. The Morgan fingerprint density at radius 2 is 1.78 bits per heavy atom. The number of carbonyl (C=O) groups excluding carboxylic acids is 1. The van der Waals surface area contributed by atoms with Crippen molar-refractivity contribution in [3.8, 4) is 11.3 Å². The van der Waals surface area contributed by atoms with Crippen LogP contribution in [0, 0.1) is 23.5 Å². The Hall–Kier alpha value is -2.19. The average molecular weight is 477 g/mol. The Bertz CT molecular complexity index is 1080. The predicted molar refractivity (Wildman–Crippen MR) is 130 cm³/mol. The lowest BCUT2D eigenvalue weighted by Gasteiger charge is -2.27. The van der Waals surface area contributed by atoms with Crippen LogP contribution in [-0.2, 0) is 11.2 Å². The van der Waals surface area contributed by atoms with Crippen molar-refractivity contribution >= 4 is 46.1 Å². The number of ether oxygens (including phenoxy) is 1. The minimum absolute atomic E-state index is 0.0435. The van der Waals surface area contributed by atoms with Crippen molar-refractivity contribution in [1.29, 1.82) is 0 Å². The summed E-state index contributed by atoms with van der Waals surface area (Å²) in [7, 11) is 0. The number of carbonyl (C=O) groups is 1. The van der Waals surface area contributed by atoms with Gasteiger partial charge < -0.3 is 10.1 Å². The van der Waals surface area contributed by atoms with Crippen LogP contribution in [-0.4, -0.2) is 32.5 Å². The number of anilines is 1. The van der Waals surface area contributed by atoms with Crippen molar-refractivity contribution in [3.63, 3.8) is 0 Å². The maximum atomic E-state index is 14.7. The fourth-order valence-electron chi connectivity index (χ4n) is 3.98. The van der Waals surface area contributed by atoms with Crippen LogP contribution in [0.4, 0.5) is 19.4 Å². The number of thiocarbonyl (C=S) groups is 2. The molecular weight excluding hydrogens is 450 g/mol. The van der Waals surface area contributed by atoms with Gasteiger partial charge in [0.25, 0.3) is 0 Å².